The minimum atomic E-state index is -3.91. The lowest BCUT2D eigenvalue weighted by Gasteiger charge is -2.36. The van der Waals surface area contributed by atoms with Crippen LogP contribution in [-0.2, 0) is 29.1 Å². The largest absolute Gasteiger partial charge is 0.497 e. The van der Waals surface area contributed by atoms with Gasteiger partial charge in [0, 0.05) is 29.9 Å². The Bertz CT molecular complexity index is 1880. The number of nitrogens with one attached hydrogen (secondary N) is 3. The van der Waals surface area contributed by atoms with Crippen molar-refractivity contribution in [1.82, 2.24) is 25.2 Å². The van der Waals surface area contributed by atoms with Crippen molar-refractivity contribution < 1.29 is 46.5 Å². The van der Waals surface area contributed by atoms with Crippen molar-refractivity contribution in [2.45, 2.75) is 109 Å². The lowest BCUT2D eigenvalue weighted by Crippen LogP contribution is -2.60. The molecule has 2 saturated carbocycles. The van der Waals surface area contributed by atoms with Crippen molar-refractivity contribution in [3.8, 4) is 17.4 Å². The number of hydrogen-bond donors (Lipinski definition) is 3. The molecule has 1 aromatic heterocycles. The lowest BCUT2D eigenvalue weighted by atomic mass is 9.85. The van der Waals surface area contributed by atoms with Gasteiger partial charge in [-0.25, -0.2) is 18.2 Å². The third-order valence-electron chi connectivity index (χ3n) is 9.41. The van der Waals surface area contributed by atoms with Crippen molar-refractivity contribution >= 4 is 44.7 Å². The first-order valence-electron chi connectivity index (χ1n) is 17.8. The summed E-state index contributed by atoms with van der Waals surface area (Å²) in [6.07, 6.45) is 0.979. The highest BCUT2D eigenvalue weighted by Gasteiger charge is 2.62. The minimum absolute atomic E-state index is 0.00163. The van der Waals surface area contributed by atoms with Gasteiger partial charge in [-0.3, -0.25) is 19.1 Å². The highest BCUT2D eigenvalue weighted by molar-refractivity contribution is 7.91. The Balaban J connectivity index is 1.48. The summed E-state index contributed by atoms with van der Waals surface area (Å²) in [6.45, 7) is 16.3. The predicted molar refractivity (Wildman–Crippen MR) is 196 cm³/mol. The SMILES string of the molecule is C=C[C@@H]1C[C@]1(NC(=O)[C@@H]1C[C@@H](Oc2cc(OCC)nc3cc(OC)ccc23)CN1C(=O)[C@@H](NC(=O)OC(C)(C)C)C(C)(C)C)C(=O)NS(=O)(=O)C1CC1. The van der Waals surface area contributed by atoms with Crippen LogP contribution in [0.2, 0.25) is 0 Å². The van der Waals surface area contributed by atoms with Gasteiger partial charge in [-0.05, 0) is 64.5 Å². The molecule has 0 unspecified atom stereocenters. The number of sulfonamides is 1. The molecule has 290 valence electrons. The zero-order chi connectivity index (χ0) is 39.1. The maximum absolute atomic E-state index is 14.5. The maximum Gasteiger partial charge on any atom is 0.408 e. The van der Waals surface area contributed by atoms with E-state index < -0.39 is 79.7 Å². The van der Waals surface area contributed by atoms with E-state index in [4.69, 9.17) is 18.9 Å². The molecular weight excluding hydrogens is 706 g/mol. The number of likely N-dealkylation sites (tertiary alicyclic amines) is 1. The number of ether oxygens (including phenoxy) is 4. The molecular formula is C37H51N5O10S. The summed E-state index contributed by atoms with van der Waals surface area (Å²) in [5, 5.41) is 5.48. The van der Waals surface area contributed by atoms with Crippen LogP contribution in [0.3, 0.4) is 0 Å². The van der Waals surface area contributed by atoms with Crippen LogP contribution in [0.4, 0.5) is 4.79 Å². The van der Waals surface area contributed by atoms with E-state index in [0.29, 0.717) is 47.7 Å². The average Bonchev–Trinajstić information content (AvgIpc) is 3.98. The fourth-order valence-corrected chi connectivity index (χ4v) is 7.78. The quantitative estimate of drug-likeness (QED) is 0.253. The minimum Gasteiger partial charge on any atom is -0.497 e. The summed E-state index contributed by atoms with van der Waals surface area (Å²) in [4.78, 5) is 61.2. The van der Waals surface area contributed by atoms with E-state index >= 15 is 0 Å². The Hall–Kier alpha value is -4.60. The highest BCUT2D eigenvalue weighted by atomic mass is 32.2. The molecule has 3 N–H and O–H groups in total. The lowest BCUT2D eigenvalue weighted by molar-refractivity contribution is -0.143. The van der Waals surface area contributed by atoms with E-state index in [-0.39, 0.29) is 19.4 Å². The Labute approximate surface area is 310 Å². The smallest absolute Gasteiger partial charge is 0.408 e. The van der Waals surface area contributed by atoms with Crippen molar-refractivity contribution in [2.75, 3.05) is 20.3 Å². The first-order valence-corrected chi connectivity index (χ1v) is 19.3. The monoisotopic (exact) mass is 757 g/mol. The summed E-state index contributed by atoms with van der Waals surface area (Å²) in [6, 6.07) is 4.61. The number of nitrogens with zero attached hydrogens (tertiary/aromatic N) is 2. The van der Waals surface area contributed by atoms with Gasteiger partial charge < -0.3 is 34.5 Å². The number of fused-ring (bicyclic) bond motifs is 1. The molecule has 15 nitrogen and oxygen atoms in total. The highest BCUT2D eigenvalue weighted by Crippen LogP contribution is 2.46. The predicted octanol–water partition coefficient (Wildman–Crippen LogP) is 3.60. The number of methoxy groups -OCH3 is 1. The Morgan fingerprint density at radius 1 is 1.11 bits per heavy atom. The molecule has 1 aromatic carbocycles. The van der Waals surface area contributed by atoms with Crippen LogP contribution in [0.15, 0.2) is 36.9 Å². The van der Waals surface area contributed by atoms with Crippen molar-refractivity contribution in [3.63, 3.8) is 0 Å². The number of alkyl carbamates (subject to hydrolysis) is 1. The molecule has 3 fully saturated rings. The molecule has 4 amide bonds. The second-order valence-corrected chi connectivity index (χ2v) is 17.8. The van der Waals surface area contributed by atoms with Gasteiger partial charge in [0.05, 0.1) is 31.0 Å². The first-order chi connectivity index (χ1) is 24.7. The van der Waals surface area contributed by atoms with Gasteiger partial charge in [-0.1, -0.05) is 26.8 Å². The number of benzene rings is 1. The number of carbonyl (C=O) groups excluding carboxylic acids is 4. The number of amides is 4. The van der Waals surface area contributed by atoms with E-state index in [0.717, 1.165) is 0 Å². The van der Waals surface area contributed by atoms with Crippen LogP contribution in [0.1, 0.15) is 74.1 Å². The molecule has 1 aliphatic heterocycles. The fraction of sp³-hybridized carbons (Fsp3) is 0.595. The number of hydrogen-bond acceptors (Lipinski definition) is 11. The summed E-state index contributed by atoms with van der Waals surface area (Å²) in [7, 11) is -2.37. The summed E-state index contributed by atoms with van der Waals surface area (Å²) < 4.78 is 50.7. The molecule has 2 heterocycles. The zero-order valence-corrected chi connectivity index (χ0v) is 32.4. The number of pyridine rings is 1. The maximum atomic E-state index is 14.5. The van der Waals surface area contributed by atoms with Crippen LogP contribution < -0.4 is 29.6 Å². The first kappa shape index (κ1) is 39.6. The Morgan fingerprint density at radius 2 is 1.81 bits per heavy atom. The molecule has 0 radical (unpaired) electrons. The van der Waals surface area contributed by atoms with Gasteiger partial charge in [0.1, 0.15) is 40.8 Å². The third-order valence-corrected chi connectivity index (χ3v) is 11.2. The van der Waals surface area contributed by atoms with E-state index in [2.05, 4.69) is 26.9 Å². The zero-order valence-electron chi connectivity index (χ0n) is 31.6. The average molecular weight is 758 g/mol. The number of rotatable bonds is 13. The normalized spacial score (nSPS) is 23.4. The molecule has 53 heavy (non-hydrogen) atoms. The number of carbonyl (C=O) groups is 4. The van der Waals surface area contributed by atoms with Crippen LogP contribution in [0.5, 0.6) is 17.4 Å². The van der Waals surface area contributed by atoms with E-state index in [1.54, 1.807) is 72.9 Å². The molecule has 0 spiro atoms. The summed E-state index contributed by atoms with van der Waals surface area (Å²) in [5.41, 5.74) is -2.70. The molecule has 3 aliphatic rings. The van der Waals surface area contributed by atoms with Gasteiger partial charge in [-0.2, -0.15) is 0 Å². The van der Waals surface area contributed by atoms with E-state index in [1.165, 1.54) is 11.0 Å². The van der Waals surface area contributed by atoms with E-state index in [1.807, 2.05) is 6.92 Å². The van der Waals surface area contributed by atoms with Gasteiger partial charge >= 0.3 is 6.09 Å². The third kappa shape index (κ3) is 8.96. The topological polar surface area (TPSA) is 192 Å². The van der Waals surface area contributed by atoms with Gasteiger partial charge in [0.2, 0.25) is 27.7 Å². The number of aromatic nitrogens is 1. The molecule has 5 atom stereocenters. The fourth-order valence-electron chi connectivity index (χ4n) is 6.41. The van der Waals surface area contributed by atoms with Crippen molar-refractivity contribution in [2.24, 2.45) is 11.3 Å². The molecule has 2 aromatic rings. The summed E-state index contributed by atoms with van der Waals surface area (Å²) in [5.74, 6) is -1.37. The van der Waals surface area contributed by atoms with Gasteiger partial charge in [0.25, 0.3) is 5.91 Å². The van der Waals surface area contributed by atoms with Crippen LogP contribution in [0.25, 0.3) is 10.9 Å². The molecule has 16 heteroatoms. The van der Waals surface area contributed by atoms with Crippen molar-refractivity contribution in [3.05, 3.63) is 36.9 Å². The second kappa shape index (κ2) is 14.7. The van der Waals surface area contributed by atoms with Gasteiger partial charge in [-0.15, -0.1) is 6.58 Å². The van der Waals surface area contributed by atoms with E-state index in [9.17, 15) is 27.6 Å². The molecule has 5 rings (SSSR count). The molecule has 1 saturated heterocycles. The molecule has 0 bridgehead atoms. The van der Waals surface area contributed by atoms with Gasteiger partial charge in [0.15, 0.2) is 0 Å². The second-order valence-electron chi connectivity index (χ2n) is 15.9. The summed E-state index contributed by atoms with van der Waals surface area (Å²) >= 11 is 0. The van der Waals surface area contributed by atoms with Crippen LogP contribution in [0, 0.1) is 11.3 Å². The Morgan fingerprint density at radius 3 is 2.38 bits per heavy atom. The van der Waals surface area contributed by atoms with Crippen molar-refractivity contribution in [1.29, 1.82) is 0 Å². The van der Waals surface area contributed by atoms with Crippen LogP contribution in [-0.4, -0.2) is 97.0 Å². The Kier molecular flexibility index (Phi) is 11.0. The molecule has 2 aliphatic carbocycles. The standard InChI is InChI=1S/C37H51N5O10S/c1-10-21-19-37(21,33(45)41-53(47,48)24-13-14-24)40-31(43)27-17-23(20-42(27)32(44)30(35(3,4)5)39-34(46)52-36(6,7)8)51-28-18-29(50-11-2)38-26-16-22(49-9)12-15-25(26)28/h10,12,15-16,18,21,23-24,27,30H,1,11,13-14,17,19-20H2,2-9H3,(H,39,46)(H,40,43)(H,41,45)/t21-,23-,27+,30-,37-/m1/s1. The van der Waals surface area contributed by atoms with Crippen LogP contribution >= 0.6 is 0 Å².